The normalized spacial score (nSPS) is 32.6. The monoisotopic (exact) mass is 240 g/mol. The summed E-state index contributed by atoms with van der Waals surface area (Å²) in [6.45, 7) is 4.84. The molecule has 3 atom stereocenters. The summed E-state index contributed by atoms with van der Waals surface area (Å²) in [5.74, 6) is 1.35. The molecule has 1 saturated heterocycles. The number of fused-ring (bicyclic) bond motifs is 1. The number of nitrogens with one attached hydrogen (secondary N) is 1. The van der Waals surface area contributed by atoms with Crippen molar-refractivity contribution in [3.05, 3.63) is 0 Å². The van der Waals surface area contributed by atoms with Gasteiger partial charge in [-0.2, -0.15) is 0 Å². The number of hydrogen-bond donors (Lipinski definition) is 2. The average Bonchev–Trinajstić information content (AvgIpc) is 2.74. The van der Waals surface area contributed by atoms with E-state index < -0.39 is 5.60 Å². The lowest BCUT2D eigenvalue weighted by molar-refractivity contribution is -0.135. The van der Waals surface area contributed by atoms with Gasteiger partial charge >= 0.3 is 0 Å². The molecule has 4 heteroatoms. The van der Waals surface area contributed by atoms with Gasteiger partial charge in [-0.15, -0.1) is 0 Å². The van der Waals surface area contributed by atoms with Gasteiger partial charge in [0.25, 0.3) is 0 Å². The molecule has 0 aromatic carbocycles. The first-order valence-electron chi connectivity index (χ1n) is 6.59. The molecular weight excluding hydrogens is 216 g/mol. The molecule has 0 aromatic heterocycles. The van der Waals surface area contributed by atoms with Crippen LogP contribution >= 0.6 is 0 Å². The van der Waals surface area contributed by atoms with Crippen molar-refractivity contribution in [3.63, 3.8) is 0 Å². The molecule has 0 aromatic rings. The lowest BCUT2D eigenvalue weighted by Crippen LogP contribution is -2.48. The maximum Gasteiger partial charge on any atom is 0.239 e. The highest BCUT2D eigenvalue weighted by molar-refractivity contribution is 5.82. The smallest absolute Gasteiger partial charge is 0.239 e. The minimum Gasteiger partial charge on any atom is -0.389 e. The summed E-state index contributed by atoms with van der Waals surface area (Å²) >= 11 is 0. The van der Waals surface area contributed by atoms with E-state index in [0.717, 1.165) is 6.54 Å². The lowest BCUT2D eigenvalue weighted by Gasteiger charge is -2.29. The number of carbonyl (C=O) groups excluding carboxylic acids is 1. The van der Waals surface area contributed by atoms with Crippen LogP contribution in [0.3, 0.4) is 0 Å². The number of aliphatic hydroxyl groups is 1. The first-order chi connectivity index (χ1) is 7.88. The van der Waals surface area contributed by atoms with Crippen molar-refractivity contribution < 1.29 is 9.90 Å². The molecule has 0 spiro atoms. The van der Waals surface area contributed by atoms with Crippen LogP contribution in [0.5, 0.6) is 0 Å². The highest BCUT2D eigenvalue weighted by Gasteiger charge is 2.43. The Labute approximate surface area is 103 Å². The molecular formula is C13H24N2O2. The van der Waals surface area contributed by atoms with Gasteiger partial charge in [0.05, 0.1) is 11.6 Å². The minimum atomic E-state index is -0.821. The number of hydrogen-bond acceptors (Lipinski definition) is 3. The molecule has 4 nitrogen and oxygen atoms in total. The van der Waals surface area contributed by atoms with E-state index in [2.05, 4.69) is 5.32 Å². The van der Waals surface area contributed by atoms with Gasteiger partial charge < -0.3 is 15.3 Å². The van der Waals surface area contributed by atoms with Crippen LogP contribution in [0.25, 0.3) is 0 Å². The van der Waals surface area contributed by atoms with Crippen LogP contribution in [-0.4, -0.2) is 47.7 Å². The van der Waals surface area contributed by atoms with Crippen LogP contribution in [0.2, 0.25) is 0 Å². The van der Waals surface area contributed by atoms with Crippen molar-refractivity contribution in [1.82, 2.24) is 10.2 Å². The van der Waals surface area contributed by atoms with E-state index in [1.54, 1.807) is 25.8 Å². The predicted molar refractivity (Wildman–Crippen MR) is 66.6 cm³/mol. The molecule has 1 saturated carbocycles. The fraction of sp³-hybridized carbons (Fsp3) is 0.923. The Balaban J connectivity index is 1.95. The molecule has 0 radical (unpaired) electrons. The fourth-order valence-electron chi connectivity index (χ4n) is 3.35. The van der Waals surface area contributed by atoms with E-state index in [1.165, 1.54) is 19.3 Å². The van der Waals surface area contributed by atoms with Crippen LogP contribution in [0, 0.1) is 11.8 Å². The number of carbonyl (C=O) groups is 1. The predicted octanol–water partition coefficient (Wildman–Crippen LogP) is 0.604. The zero-order valence-corrected chi connectivity index (χ0v) is 11.1. The minimum absolute atomic E-state index is 0.0187. The van der Waals surface area contributed by atoms with Crippen LogP contribution in [0.15, 0.2) is 0 Å². The highest BCUT2D eigenvalue weighted by atomic mass is 16.3. The van der Waals surface area contributed by atoms with E-state index >= 15 is 0 Å². The molecule has 2 aliphatic rings. The second kappa shape index (κ2) is 4.58. The second-order valence-electron chi connectivity index (χ2n) is 6.25. The summed E-state index contributed by atoms with van der Waals surface area (Å²) in [5.41, 5.74) is -0.821. The van der Waals surface area contributed by atoms with Gasteiger partial charge in [-0.05, 0) is 45.1 Å². The Morgan fingerprint density at radius 1 is 1.47 bits per heavy atom. The number of rotatable bonds is 3. The van der Waals surface area contributed by atoms with E-state index in [4.69, 9.17) is 0 Å². The van der Waals surface area contributed by atoms with Crippen molar-refractivity contribution in [3.8, 4) is 0 Å². The quantitative estimate of drug-likeness (QED) is 0.760. The largest absolute Gasteiger partial charge is 0.389 e. The summed E-state index contributed by atoms with van der Waals surface area (Å²) in [5, 5.41) is 13.1. The molecule has 1 aliphatic carbocycles. The Morgan fingerprint density at radius 3 is 2.82 bits per heavy atom. The maximum absolute atomic E-state index is 12.3. The molecule has 2 fully saturated rings. The maximum atomic E-state index is 12.3. The standard InChI is InChI=1S/C13H24N2O2/c1-13(2,17)8-15(3)12(16)11-10-6-4-5-9(10)7-14-11/h9-11,14,17H,4-8H2,1-3H3. The van der Waals surface area contributed by atoms with Crippen molar-refractivity contribution in [2.45, 2.75) is 44.8 Å². The van der Waals surface area contributed by atoms with Gasteiger partial charge in [0.1, 0.15) is 0 Å². The van der Waals surface area contributed by atoms with Gasteiger partial charge in [0.15, 0.2) is 0 Å². The summed E-state index contributed by atoms with van der Waals surface area (Å²) in [6, 6.07) is -0.0187. The van der Waals surface area contributed by atoms with Crippen molar-refractivity contribution in [1.29, 1.82) is 0 Å². The Bertz CT molecular complexity index is 298. The zero-order chi connectivity index (χ0) is 12.6. The van der Waals surface area contributed by atoms with E-state index in [9.17, 15) is 9.90 Å². The summed E-state index contributed by atoms with van der Waals surface area (Å²) in [7, 11) is 1.78. The SMILES string of the molecule is CN(CC(C)(C)O)C(=O)C1NCC2CCCC21. The topological polar surface area (TPSA) is 52.6 Å². The van der Waals surface area contributed by atoms with E-state index in [-0.39, 0.29) is 11.9 Å². The third-order valence-electron chi connectivity index (χ3n) is 4.01. The molecule has 98 valence electrons. The molecule has 17 heavy (non-hydrogen) atoms. The zero-order valence-electron chi connectivity index (χ0n) is 11.1. The van der Waals surface area contributed by atoms with Crippen LogP contribution in [-0.2, 0) is 4.79 Å². The second-order valence-corrected chi connectivity index (χ2v) is 6.25. The molecule has 3 unspecified atom stereocenters. The first kappa shape index (κ1) is 12.8. The highest BCUT2D eigenvalue weighted by Crippen LogP contribution is 2.38. The van der Waals surface area contributed by atoms with Gasteiger partial charge in [-0.1, -0.05) is 6.42 Å². The molecule has 1 heterocycles. The van der Waals surface area contributed by atoms with Gasteiger partial charge in [0.2, 0.25) is 5.91 Å². The fourth-order valence-corrected chi connectivity index (χ4v) is 3.35. The summed E-state index contributed by atoms with van der Waals surface area (Å²) in [4.78, 5) is 14.0. The number of likely N-dealkylation sites (N-methyl/N-ethyl adjacent to an activating group) is 1. The van der Waals surface area contributed by atoms with Crippen LogP contribution in [0.1, 0.15) is 33.1 Å². The van der Waals surface area contributed by atoms with Gasteiger partial charge in [-0.3, -0.25) is 4.79 Å². The van der Waals surface area contributed by atoms with Crippen molar-refractivity contribution in [2.24, 2.45) is 11.8 Å². The number of amides is 1. The number of nitrogens with zero attached hydrogens (tertiary/aromatic N) is 1. The third-order valence-corrected chi connectivity index (χ3v) is 4.01. The van der Waals surface area contributed by atoms with Crippen molar-refractivity contribution >= 4 is 5.91 Å². The molecule has 2 rings (SSSR count). The average molecular weight is 240 g/mol. The van der Waals surface area contributed by atoms with Gasteiger partial charge in [-0.25, -0.2) is 0 Å². The Kier molecular flexibility index (Phi) is 3.46. The first-order valence-corrected chi connectivity index (χ1v) is 6.59. The molecule has 1 amide bonds. The van der Waals surface area contributed by atoms with Gasteiger partial charge in [0, 0.05) is 13.6 Å². The lowest BCUT2D eigenvalue weighted by atomic mass is 9.93. The Morgan fingerprint density at radius 2 is 2.18 bits per heavy atom. The summed E-state index contributed by atoms with van der Waals surface area (Å²) < 4.78 is 0. The van der Waals surface area contributed by atoms with Crippen LogP contribution in [0.4, 0.5) is 0 Å². The molecule has 2 N–H and O–H groups in total. The Hall–Kier alpha value is -0.610. The molecule has 1 aliphatic heterocycles. The van der Waals surface area contributed by atoms with Crippen LogP contribution < -0.4 is 5.32 Å². The summed E-state index contributed by atoms with van der Waals surface area (Å²) in [6.07, 6.45) is 3.69. The molecule has 0 bridgehead atoms. The third kappa shape index (κ3) is 2.80. The van der Waals surface area contributed by atoms with Crippen molar-refractivity contribution in [2.75, 3.05) is 20.1 Å². The van der Waals surface area contributed by atoms with E-state index in [1.807, 2.05) is 0 Å². The van der Waals surface area contributed by atoms with E-state index in [0.29, 0.717) is 18.4 Å².